The van der Waals surface area contributed by atoms with Gasteiger partial charge in [-0.25, -0.2) is 0 Å². The molecule has 2 fully saturated rings. The van der Waals surface area contributed by atoms with E-state index in [0.717, 1.165) is 25.7 Å². The maximum Gasteiger partial charge on any atom is 0.228 e. The number of carbonyl (C=O) groups excluding carboxylic acids is 2. The Morgan fingerprint density at radius 1 is 1.13 bits per heavy atom. The quantitative estimate of drug-likeness (QED) is 0.778. The summed E-state index contributed by atoms with van der Waals surface area (Å²) in [6.45, 7) is 5.87. The van der Waals surface area contributed by atoms with Gasteiger partial charge >= 0.3 is 0 Å². The standard InChI is InChI=1S/C26H32N2O2/c1-3-27-25(30)26(14-15-28(18-26)24(29)20-10-7-11-20)17-22-9-4-5-13-23(22)21-12-6-8-19(2)16-21/h4-6,8-9,12-13,16,20H,3,7,10-11,14-15,17-18H2,1-2H3,(H,27,30)/t26-/m1/s1. The average Bonchev–Trinajstić information content (AvgIpc) is 3.13. The summed E-state index contributed by atoms with van der Waals surface area (Å²) in [5, 5.41) is 3.06. The predicted octanol–water partition coefficient (Wildman–Crippen LogP) is 4.36. The molecule has 30 heavy (non-hydrogen) atoms. The highest BCUT2D eigenvalue weighted by Crippen LogP contribution is 2.39. The van der Waals surface area contributed by atoms with Gasteiger partial charge in [0.2, 0.25) is 11.8 Å². The van der Waals surface area contributed by atoms with Crippen LogP contribution in [0.1, 0.15) is 43.7 Å². The van der Waals surface area contributed by atoms with Gasteiger partial charge in [0.25, 0.3) is 0 Å². The van der Waals surface area contributed by atoms with Crippen LogP contribution in [0.4, 0.5) is 0 Å². The molecule has 2 aromatic rings. The van der Waals surface area contributed by atoms with Crippen LogP contribution in [0.15, 0.2) is 48.5 Å². The number of benzene rings is 2. The van der Waals surface area contributed by atoms with Crippen molar-refractivity contribution in [3.05, 3.63) is 59.7 Å². The van der Waals surface area contributed by atoms with Gasteiger partial charge in [-0.3, -0.25) is 9.59 Å². The van der Waals surface area contributed by atoms with Crippen LogP contribution in [-0.4, -0.2) is 36.3 Å². The topological polar surface area (TPSA) is 49.4 Å². The molecule has 4 heteroatoms. The molecule has 158 valence electrons. The molecule has 1 saturated heterocycles. The summed E-state index contributed by atoms with van der Waals surface area (Å²) in [4.78, 5) is 28.1. The Morgan fingerprint density at radius 2 is 1.93 bits per heavy atom. The molecule has 1 N–H and O–H groups in total. The van der Waals surface area contributed by atoms with Crippen molar-refractivity contribution in [2.75, 3.05) is 19.6 Å². The van der Waals surface area contributed by atoms with E-state index in [4.69, 9.17) is 0 Å². The van der Waals surface area contributed by atoms with Crippen LogP contribution in [0, 0.1) is 18.3 Å². The first kappa shape index (κ1) is 20.6. The Bertz CT molecular complexity index is 934. The van der Waals surface area contributed by atoms with E-state index in [1.54, 1.807) is 0 Å². The van der Waals surface area contributed by atoms with Crippen LogP contribution in [0.5, 0.6) is 0 Å². The van der Waals surface area contributed by atoms with Crippen molar-refractivity contribution in [3.8, 4) is 11.1 Å². The second-order valence-corrected chi connectivity index (χ2v) is 8.98. The van der Waals surface area contributed by atoms with Crippen LogP contribution in [0.2, 0.25) is 0 Å². The lowest BCUT2D eigenvalue weighted by molar-refractivity contribution is -0.138. The second-order valence-electron chi connectivity index (χ2n) is 8.98. The van der Waals surface area contributed by atoms with Gasteiger partial charge in [-0.05, 0) is 56.2 Å². The Balaban J connectivity index is 1.64. The highest BCUT2D eigenvalue weighted by molar-refractivity contribution is 5.87. The summed E-state index contributed by atoms with van der Waals surface area (Å²) in [7, 11) is 0. The molecule has 1 aliphatic carbocycles. The van der Waals surface area contributed by atoms with E-state index in [2.05, 4.69) is 54.7 Å². The fourth-order valence-corrected chi connectivity index (χ4v) is 4.87. The van der Waals surface area contributed by atoms with E-state index in [-0.39, 0.29) is 17.7 Å². The molecular formula is C26H32N2O2. The van der Waals surface area contributed by atoms with Gasteiger partial charge in [0.05, 0.1) is 5.41 Å². The van der Waals surface area contributed by atoms with Crippen molar-refractivity contribution in [1.82, 2.24) is 10.2 Å². The lowest BCUT2D eigenvalue weighted by Gasteiger charge is -2.32. The van der Waals surface area contributed by atoms with Crippen molar-refractivity contribution in [2.24, 2.45) is 11.3 Å². The third-order valence-corrected chi connectivity index (χ3v) is 6.81. The molecule has 1 atom stereocenters. The van der Waals surface area contributed by atoms with Crippen molar-refractivity contribution in [2.45, 2.75) is 46.0 Å². The van der Waals surface area contributed by atoms with E-state index >= 15 is 0 Å². The number of nitrogens with zero attached hydrogens (tertiary/aromatic N) is 1. The Kier molecular flexibility index (Phi) is 5.94. The number of aryl methyl sites for hydroxylation is 1. The third-order valence-electron chi connectivity index (χ3n) is 6.81. The summed E-state index contributed by atoms with van der Waals surface area (Å²) >= 11 is 0. The largest absolute Gasteiger partial charge is 0.356 e. The van der Waals surface area contributed by atoms with Gasteiger partial charge in [0.15, 0.2) is 0 Å². The van der Waals surface area contributed by atoms with E-state index in [1.807, 2.05) is 17.9 Å². The summed E-state index contributed by atoms with van der Waals surface area (Å²) in [6, 6.07) is 16.9. The first-order chi connectivity index (χ1) is 14.5. The normalized spacial score (nSPS) is 21.3. The monoisotopic (exact) mass is 404 g/mol. The highest BCUT2D eigenvalue weighted by Gasteiger charge is 2.47. The zero-order chi connectivity index (χ0) is 21.1. The minimum atomic E-state index is -0.560. The first-order valence-electron chi connectivity index (χ1n) is 11.2. The Labute approximate surface area is 179 Å². The van der Waals surface area contributed by atoms with E-state index in [1.165, 1.54) is 22.3 Å². The lowest BCUT2D eigenvalue weighted by atomic mass is 9.78. The fourth-order valence-electron chi connectivity index (χ4n) is 4.87. The molecule has 2 aliphatic rings. The smallest absolute Gasteiger partial charge is 0.228 e. The number of amides is 2. The highest BCUT2D eigenvalue weighted by atomic mass is 16.2. The van der Waals surface area contributed by atoms with Crippen LogP contribution >= 0.6 is 0 Å². The molecule has 4 nitrogen and oxygen atoms in total. The van der Waals surface area contributed by atoms with Gasteiger partial charge in [0, 0.05) is 25.6 Å². The molecule has 2 amide bonds. The second kappa shape index (κ2) is 8.63. The average molecular weight is 405 g/mol. The van der Waals surface area contributed by atoms with Crippen molar-refractivity contribution >= 4 is 11.8 Å². The molecule has 2 aromatic carbocycles. The van der Waals surface area contributed by atoms with Gasteiger partial charge < -0.3 is 10.2 Å². The maximum absolute atomic E-state index is 13.2. The molecule has 0 bridgehead atoms. The van der Waals surface area contributed by atoms with Gasteiger partial charge in [0.1, 0.15) is 0 Å². The fraction of sp³-hybridized carbons (Fsp3) is 0.462. The number of nitrogens with one attached hydrogen (secondary N) is 1. The summed E-state index contributed by atoms with van der Waals surface area (Å²) in [5.74, 6) is 0.502. The number of rotatable bonds is 6. The van der Waals surface area contributed by atoms with E-state index < -0.39 is 5.41 Å². The van der Waals surface area contributed by atoms with Crippen LogP contribution in [0.3, 0.4) is 0 Å². The number of hydrogen-bond donors (Lipinski definition) is 1. The van der Waals surface area contributed by atoms with Crippen molar-refractivity contribution in [1.29, 1.82) is 0 Å². The zero-order valence-corrected chi connectivity index (χ0v) is 18.1. The van der Waals surface area contributed by atoms with Crippen molar-refractivity contribution in [3.63, 3.8) is 0 Å². The number of hydrogen-bond acceptors (Lipinski definition) is 2. The Hall–Kier alpha value is -2.62. The summed E-state index contributed by atoms with van der Waals surface area (Å²) in [5.41, 5.74) is 4.19. The third kappa shape index (κ3) is 4.00. The minimum absolute atomic E-state index is 0.0768. The maximum atomic E-state index is 13.2. The van der Waals surface area contributed by atoms with Crippen LogP contribution in [0.25, 0.3) is 11.1 Å². The van der Waals surface area contributed by atoms with Crippen molar-refractivity contribution < 1.29 is 9.59 Å². The SMILES string of the molecule is CCNC(=O)[C@@]1(Cc2ccccc2-c2cccc(C)c2)CCN(C(=O)C2CCC2)C1. The van der Waals surface area contributed by atoms with Gasteiger partial charge in [-0.2, -0.15) is 0 Å². The molecule has 4 rings (SSSR count). The first-order valence-corrected chi connectivity index (χ1v) is 11.2. The summed E-state index contributed by atoms with van der Waals surface area (Å²) in [6.07, 6.45) is 4.52. The molecule has 0 aromatic heterocycles. The molecule has 1 heterocycles. The van der Waals surface area contributed by atoms with E-state index in [0.29, 0.717) is 26.1 Å². The molecular weight excluding hydrogens is 372 g/mol. The minimum Gasteiger partial charge on any atom is -0.356 e. The van der Waals surface area contributed by atoms with E-state index in [9.17, 15) is 9.59 Å². The zero-order valence-electron chi connectivity index (χ0n) is 18.1. The van der Waals surface area contributed by atoms with Gasteiger partial charge in [-0.1, -0.05) is 60.5 Å². The molecule has 0 spiro atoms. The number of likely N-dealkylation sites (tertiary alicyclic amines) is 1. The Morgan fingerprint density at radius 3 is 2.63 bits per heavy atom. The number of carbonyl (C=O) groups is 2. The van der Waals surface area contributed by atoms with Crippen LogP contribution in [-0.2, 0) is 16.0 Å². The summed E-state index contributed by atoms with van der Waals surface area (Å²) < 4.78 is 0. The molecule has 1 aliphatic heterocycles. The molecule has 0 unspecified atom stereocenters. The van der Waals surface area contributed by atoms with Gasteiger partial charge in [-0.15, -0.1) is 0 Å². The van der Waals surface area contributed by atoms with Crippen LogP contribution < -0.4 is 5.32 Å². The lowest BCUT2D eigenvalue weighted by Crippen LogP contribution is -2.46. The molecule has 0 radical (unpaired) electrons. The predicted molar refractivity (Wildman–Crippen MR) is 120 cm³/mol. The molecule has 1 saturated carbocycles.